The van der Waals surface area contributed by atoms with E-state index < -0.39 is 0 Å². The van der Waals surface area contributed by atoms with Gasteiger partial charge in [0.25, 0.3) is 0 Å². The van der Waals surface area contributed by atoms with Crippen LogP contribution in [0.1, 0.15) is 72.1 Å². The molecular weight excluding hydrogens is 372 g/mol. The van der Waals surface area contributed by atoms with E-state index in [2.05, 4.69) is 39.5 Å². The summed E-state index contributed by atoms with van der Waals surface area (Å²) in [4.78, 5) is 13.2. The molecule has 0 aromatic carbocycles. The Hall–Kier alpha value is -1.19. The molecule has 0 radical (unpaired) electrons. The normalized spacial score (nSPS) is 44.1. The molecule has 1 aliphatic heterocycles. The van der Waals surface area contributed by atoms with Crippen LogP contribution in [-0.2, 0) is 9.53 Å². The molecule has 164 valence electrons. The van der Waals surface area contributed by atoms with Gasteiger partial charge in [0.05, 0.1) is 18.8 Å². The Kier molecular flexibility index (Phi) is 4.95. The lowest BCUT2D eigenvalue weighted by Gasteiger charge is -2.55. The lowest BCUT2D eigenvalue weighted by atomic mass is 9.48. The predicted molar refractivity (Wildman–Crippen MR) is 119 cm³/mol. The molecule has 5 rings (SSSR count). The molecule has 7 unspecified atom stereocenters. The number of allylic oxidation sites excluding steroid dienone is 5. The van der Waals surface area contributed by atoms with Gasteiger partial charge in [-0.05, 0) is 74.2 Å². The second-order valence-electron chi connectivity index (χ2n) is 11.3. The molecule has 2 bridgehead atoms. The first-order valence-electron chi connectivity index (χ1n) is 12.2. The van der Waals surface area contributed by atoms with Gasteiger partial charge < -0.3 is 9.84 Å². The van der Waals surface area contributed by atoms with Crippen LogP contribution >= 0.6 is 0 Å². The first-order chi connectivity index (χ1) is 14.3. The van der Waals surface area contributed by atoms with Crippen LogP contribution in [0.4, 0.5) is 0 Å². The zero-order valence-corrected chi connectivity index (χ0v) is 19.0. The zero-order valence-electron chi connectivity index (χ0n) is 19.0. The number of carbonyl (C=O) groups is 1. The van der Waals surface area contributed by atoms with Crippen molar-refractivity contribution < 1.29 is 14.6 Å². The van der Waals surface area contributed by atoms with Crippen LogP contribution in [0.25, 0.3) is 0 Å². The molecule has 1 saturated heterocycles. The number of Topliss-reactive ketones (excluding diaryl/α,β-unsaturated/α-hetero) is 1. The molecule has 3 fully saturated rings. The second kappa shape index (κ2) is 7.17. The van der Waals surface area contributed by atoms with E-state index in [0.717, 1.165) is 57.1 Å². The molecule has 4 aliphatic carbocycles. The van der Waals surface area contributed by atoms with Crippen molar-refractivity contribution in [2.45, 2.75) is 84.3 Å². The van der Waals surface area contributed by atoms with E-state index in [1.54, 1.807) is 5.57 Å². The van der Waals surface area contributed by atoms with Gasteiger partial charge in [-0.15, -0.1) is 0 Å². The summed E-state index contributed by atoms with van der Waals surface area (Å²) < 4.78 is 6.19. The number of hydrogen-bond donors (Lipinski definition) is 1. The van der Waals surface area contributed by atoms with Crippen LogP contribution < -0.4 is 0 Å². The van der Waals surface area contributed by atoms with Crippen LogP contribution in [-0.4, -0.2) is 29.7 Å². The maximum atomic E-state index is 13.2. The van der Waals surface area contributed by atoms with Crippen LogP contribution in [0, 0.1) is 34.5 Å². The number of aliphatic hydroxyl groups excluding tert-OH is 1. The minimum atomic E-state index is -0.285. The van der Waals surface area contributed by atoms with Crippen LogP contribution in [0.15, 0.2) is 35.5 Å². The third-order valence-electron chi connectivity index (χ3n) is 9.76. The van der Waals surface area contributed by atoms with Gasteiger partial charge in [0.15, 0.2) is 5.78 Å². The number of hydrogen-bond acceptors (Lipinski definition) is 3. The Morgan fingerprint density at radius 1 is 1.20 bits per heavy atom. The van der Waals surface area contributed by atoms with E-state index >= 15 is 0 Å². The lowest BCUT2D eigenvalue weighted by Crippen LogP contribution is -2.52. The first kappa shape index (κ1) is 20.7. The van der Waals surface area contributed by atoms with Gasteiger partial charge in [-0.25, -0.2) is 0 Å². The van der Waals surface area contributed by atoms with Gasteiger partial charge in [0.2, 0.25) is 0 Å². The molecule has 1 N–H and O–H groups in total. The van der Waals surface area contributed by atoms with Gasteiger partial charge in [-0.3, -0.25) is 4.79 Å². The number of ketones is 1. The van der Waals surface area contributed by atoms with Gasteiger partial charge in [-0.1, -0.05) is 50.6 Å². The van der Waals surface area contributed by atoms with E-state index in [9.17, 15) is 9.90 Å². The average Bonchev–Trinajstić information content (AvgIpc) is 3.23. The highest BCUT2D eigenvalue weighted by Crippen LogP contribution is 2.66. The van der Waals surface area contributed by atoms with Gasteiger partial charge in [-0.2, -0.15) is 0 Å². The zero-order chi connectivity index (χ0) is 21.3. The highest BCUT2D eigenvalue weighted by molar-refractivity contribution is 5.97. The molecule has 1 heterocycles. The fourth-order valence-electron chi connectivity index (χ4n) is 7.80. The van der Waals surface area contributed by atoms with Crippen molar-refractivity contribution in [3.8, 4) is 0 Å². The average molecular weight is 411 g/mol. The standard InChI is InChI=1S/C27H38O3/c1-16(2)17(3)5-10-23(28)21-9-8-19-18-6-7-22-25-24(29)12-14-27(22,15-30-25)20(18)11-13-26(19,21)4/h6,9,16,19-20,22,24-25,29H,3,5,7-8,10-15H2,1-2,4H3. The van der Waals surface area contributed by atoms with E-state index in [1.165, 1.54) is 5.57 Å². The number of fused-ring (bicyclic) bond motifs is 3. The van der Waals surface area contributed by atoms with Gasteiger partial charge in [0, 0.05) is 17.3 Å². The summed E-state index contributed by atoms with van der Waals surface area (Å²) in [5, 5.41) is 10.4. The SMILES string of the molecule is C=C(CCC(=O)C1=CCC2C3=CCC4C5OCC4(CCC5O)C3CCC12C)C(C)C. The quantitative estimate of drug-likeness (QED) is 0.618. The summed E-state index contributed by atoms with van der Waals surface area (Å²) >= 11 is 0. The van der Waals surface area contributed by atoms with Crippen LogP contribution in [0.2, 0.25) is 0 Å². The molecule has 5 aliphatic rings. The first-order valence-corrected chi connectivity index (χ1v) is 12.2. The Morgan fingerprint density at radius 2 is 2.00 bits per heavy atom. The molecule has 0 aromatic rings. The van der Waals surface area contributed by atoms with E-state index in [0.29, 0.717) is 35.9 Å². The van der Waals surface area contributed by atoms with E-state index in [-0.39, 0.29) is 23.0 Å². The summed E-state index contributed by atoms with van der Waals surface area (Å²) in [6.07, 6.45) is 12.2. The third kappa shape index (κ3) is 2.80. The summed E-state index contributed by atoms with van der Waals surface area (Å²) in [5.74, 6) is 2.33. The van der Waals surface area contributed by atoms with Crippen molar-refractivity contribution in [1.82, 2.24) is 0 Å². The topological polar surface area (TPSA) is 46.5 Å². The van der Waals surface area contributed by atoms with Crippen molar-refractivity contribution in [2.75, 3.05) is 6.61 Å². The Morgan fingerprint density at radius 3 is 2.77 bits per heavy atom. The van der Waals surface area contributed by atoms with Crippen molar-refractivity contribution >= 4 is 5.78 Å². The Balaban J connectivity index is 1.36. The highest BCUT2D eigenvalue weighted by atomic mass is 16.5. The number of rotatable bonds is 5. The smallest absolute Gasteiger partial charge is 0.159 e. The largest absolute Gasteiger partial charge is 0.390 e. The summed E-state index contributed by atoms with van der Waals surface area (Å²) in [6, 6.07) is 0. The van der Waals surface area contributed by atoms with Crippen molar-refractivity contribution in [3.05, 3.63) is 35.5 Å². The molecular formula is C27H38O3. The number of carbonyl (C=O) groups excluding carboxylic acids is 1. The number of aliphatic hydroxyl groups is 1. The van der Waals surface area contributed by atoms with Gasteiger partial charge >= 0.3 is 0 Å². The van der Waals surface area contributed by atoms with E-state index in [1.807, 2.05) is 0 Å². The third-order valence-corrected chi connectivity index (χ3v) is 9.76. The fraction of sp³-hybridized carbons (Fsp3) is 0.741. The molecule has 3 nitrogen and oxygen atoms in total. The lowest BCUT2D eigenvalue weighted by molar-refractivity contribution is -0.117. The molecule has 3 heteroatoms. The molecule has 0 aromatic heterocycles. The van der Waals surface area contributed by atoms with Crippen molar-refractivity contribution in [3.63, 3.8) is 0 Å². The van der Waals surface area contributed by atoms with Crippen molar-refractivity contribution in [2.24, 2.45) is 34.5 Å². The molecule has 2 saturated carbocycles. The minimum Gasteiger partial charge on any atom is -0.390 e. The minimum absolute atomic E-state index is 0.00486. The second-order valence-corrected chi connectivity index (χ2v) is 11.3. The predicted octanol–water partition coefficient (Wildman–Crippen LogP) is 5.40. The monoisotopic (exact) mass is 410 g/mol. The summed E-state index contributed by atoms with van der Waals surface area (Å²) in [6.45, 7) is 11.6. The van der Waals surface area contributed by atoms with Gasteiger partial charge in [0.1, 0.15) is 0 Å². The maximum absolute atomic E-state index is 13.2. The highest BCUT2D eigenvalue weighted by Gasteiger charge is 2.63. The summed E-state index contributed by atoms with van der Waals surface area (Å²) in [5.41, 5.74) is 4.13. The van der Waals surface area contributed by atoms with Crippen LogP contribution in [0.3, 0.4) is 0 Å². The molecule has 7 atom stereocenters. The molecule has 0 spiro atoms. The fourth-order valence-corrected chi connectivity index (χ4v) is 7.80. The van der Waals surface area contributed by atoms with Crippen LogP contribution in [0.5, 0.6) is 0 Å². The molecule has 30 heavy (non-hydrogen) atoms. The maximum Gasteiger partial charge on any atom is 0.159 e. The Bertz CT molecular complexity index is 820. The Labute approximate surface area is 181 Å². The molecule has 0 amide bonds. The number of ether oxygens (including phenoxy) is 1. The van der Waals surface area contributed by atoms with Crippen molar-refractivity contribution in [1.29, 1.82) is 0 Å². The van der Waals surface area contributed by atoms with E-state index in [4.69, 9.17) is 4.74 Å². The summed E-state index contributed by atoms with van der Waals surface area (Å²) in [7, 11) is 0.